The van der Waals surface area contributed by atoms with Crippen molar-refractivity contribution in [1.82, 2.24) is 15.1 Å². The third kappa shape index (κ3) is 4.32. The SMILES string of the molecule is CCS(=O)(=O)Nc1ccc([C@@H](C)NCc2ccnn2C)cc1. The van der Waals surface area contributed by atoms with Gasteiger partial charge in [-0.25, -0.2) is 8.42 Å². The average molecular weight is 322 g/mol. The van der Waals surface area contributed by atoms with Gasteiger partial charge in [0.25, 0.3) is 0 Å². The van der Waals surface area contributed by atoms with E-state index in [1.54, 1.807) is 25.3 Å². The van der Waals surface area contributed by atoms with Crippen molar-refractivity contribution in [2.75, 3.05) is 10.5 Å². The maximum Gasteiger partial charge on any atom is 0.232 e. The highest BCUT2D eigenvalue weighted by Crippen LogP contribution is 2.17. The van der Waals surface area contributed by atoms with E-state index < -0.39 is 10.0 Å². The second kappa shape index (κ2) is 6.93. The second-order valence-corrected chi connectivity index (χ2v) is 7.19. The van der Waals surface area contributed by atoms with Gasteiger partial charge in [-0.2, -0.15) is 5.10 Å². The number of sulfonamides is 1. The third-order valence-corrected chi connectivity index (χ3v) is 4.88. The van der Waals surface area contributed by atoms with Crippen LogP contribution in [0.2, 0.25) is 0 Å². The van der Waals surface area contributed by atoms with Crippen molar-refractivity contribution in [3.05, 3.63) is 47.8 Å². The highest BCUT2D eigenvalue weighted by Gasteiger charge is 2.09. The lowest BCUT2D eigenvalue weighted by Gasteiger charge is -2.15. The average Bonchev–Trinajstić information content (AvgIpc) is 2.90. The van der Waals surface area contributed by atoms with Gasteiger partial charge in [0, 0.05) is 31.5 Å². The van der Waals surface area contributed by atoms with E-state index in [-0.39, 0.29) is 11.8 Å². The summed E-state index contributed by atoms with van der Waals surface area (Å²) in [5.74, 6) is 0.0669. The number of nitrogens with one attached hydrogen (secondary N) is 2. The molecule has 0 fully saturated rings. The number of hydrogen-bond donors (Lipinski definition) is 2. The molecule has 2 N–H and O–H groups in total. The number of nitrogens with zero attached hydrogens (tertiary/aromatic N) is 2. The Morgan fingerprint density at radius 1 is 1.23 bits per heavy atom. The predicted octanol–water partition coefficient (Wildman–Crippen LogP) is 2.03. The van der Waals surface area contributed by atoms with Crippen LogP contribution in [0, 0.1) is 0 Å². The molecule has 0 spiro atoms. The fourth-order valence-electron chi connectivity index (χ4n) is 2.04. The minimum Gasteiger partial charge on any atom is -0.305 e. The Hall–Kier alpha value is -1.86. The van der Waals surface area contributed by atoms with E-state index in [1.807, 2.05) is 29.9 Å². The minimum atomic E-state index is -3.23. The van der Waals surface area contributed by atoms with E-state index in [0.717, 1.165) is 17.8 Å². The molecule has 1 aromatic heterocycles. The summed E-state index contributed by atoms with van der Waals surface area (Å²) in [5, 5.41) is 7.55. The van der Waals surface area contributed by atoms with Gasteiger partial charge < -0.3 is 5.32 Å². The van der Waals surface area contributed by atoms with Gasteiger partial charge >= 0.3 is 0 Å². The Morgan fingerprint density at radius 2 is 1.91 bits per heavy atom. The molecule has 7 heteroatoms. The highest BCUT2D eigenvalue weighted by molar-refractivity contribution is 7.92. The second-order valence-electron chi connectivity index (χ2n) is 5.18. The lowest BCUT2D eigenvalue weighted by atomic mass is 10.1. The molecule has 2 aromatic rings. The van der Waals surface area contributed by atoms with E-state index in [0.29, 0.717) is 5.69 Å². The zero-order valence-electron chi connectivity index (χ0n) is 13.1. The van der Waals surface area contributed by atoms with Crippen LogP contribution >= 0.6 is 0 Å². The first-order chi connectivity index (χ1) is 10.4. The molecule has 6 nitrogen and oxygen atoms in total. The van der Waals surface area contributed by atoms with Crippen LogP contribution in [0.3, 0.4) is 0 Å². The third-order valence-electron chi connectivity index (χ3n) is 3.58. The number of rotatable bonds is 7. The summed E-state index contributed by atoms with van der Waals surface area (Å²) in [5.41, 5.74) is 2.80. The summed E-state index contributed by atoms with van der Waals surface area (Å²) in [6.45, 7) is 4.41. The van der Waals surface area contributed by atoms with Crippen molar-refractivity contribution >= 4 is 15.7 Å². The Kier molecular flexibility index (Phi) is 5.20. The molecule has 0 saturated heterocycles. The molecule has 0 unspecified atom stereocenters. The lowest BCUT2D eigenvalue weighted by molar-refractivity contribution is 0.548. The van der Waals surface area contributed by atoms with E-state index in [9.17, 15) is 8.42 Å². The smallest absolute Gasteiger partial charge is 0.232 e. The van der Waals surface area contributed by atoms with Crippen LogP contribution in [0.1, 0.15) is 31.1 Å². The largest absolute Gasteiger partial charge is 0.305 e. The maximum absolute atomic E-state index is 11.5. The first-order valence-electron chi connectivity index (χ1n) is 7.22. The van der Waals surface area contributed by atoms with Crippen LogP contribution in [-0.2, 0) is 23.6 Å². The van der Waals surface area contributed by atoms with Crippen LogP contribution in [0.15, 0.2) is 36.5 Å². The summed E-state index contributed by atoms with van der Waals surface area (Å²) < 4.78 is 27.4. The van der Waals surface area contributed by atoms with Gasteiger partial charge in [0.2, 0.25) is 10.0 Å². The molecule has 0 bridgehead atoms. The van der Waals surface area contributed by atoms with Gasteiger partial charge in [-0.1, -0.05) is 12.1 Å². The van der Waals surface area contributed by atoms with Gasteiger partial charge in [-0.15, -0.1) is 0 Å². The van der Waals surface area contributed by atoms with E-state index in [2.05, 4.69) is 22.1 Å². The number of aryl methyl sites for hydroxylation is 1. The van der Waals surface area contributed by atoms with Crippen LogP contribution < -0.4 is 10.0 Å². The summed E-state index contributed by atoms with van der Waals surface area (Å²) in [6, 6.07) is 9.55. The Morgan fingerprint density at radius 3 is 2.45 bits per heavy atom. The number of hydrogen-bond acceptors (Lipinski definition) is 4. The Balaban J connectivity index is 1.96. The number of aromatic nitrogens is 2. The normalized spacial score (nSPS) is 13.0. The highest BCUT2D eigenvalue weighted by atomic mass is 32.2. The Labute approximate surface area is 131 Å². The molecule has 0 aliphatic rings. The van der Waals surface area contributed by atoms with Gasteiger partial charge in [-0.3, -0.25) is 9.40 Å². The molecule has 0 aliphatic heterocycles. The zero-order chi connectivity index (χ0) is 16.2. The summed E-state index contributed by atoms with van der Waals surface area (Å²) in [7, 11) is -1.31. The molecule has 0 saturated carbocycles. The number of benzene rings is 1. The fourth-order valence-corrected chi connectivity index (χ4v) is 2.68. The predicted molar refractivity (Wildman–Crippen MR) is 88.0 cm³/mol. The van der Waals surface area contributed by atoms with E-state index in [4.69, 9.17) is 0 Å². The van der Waals surface area contributed by atoms with E-state index >= 15 is 0 Å². The summed E-state index contributed by atoms with van der Waals surface area (Å²) in [6.07, 6.45) is 1.77. The molecule has 22 heavy (non-hydrogen) atoms. The maximum atomic E-state index is 11.5. The standard InChI is InChI=1S/C15H22N4O2S/c1-4-22(20,21)18-14-7-5-13(6-8-14)12(2)16-11-15-9-10-17-19(15)3/h5-10,12,16,18H,4,11H2,1-3H3/t12-/m1/s1. The minimum absolute atomic E-state index is 0.0669. The summed E-state index contributed by atoms with van der Waals surface area (Å²) in [4.78, 5) is 0. The topological polar surface area (TPSA) is 76.0 Å². The van der Waals surface area contributed by atoms with Crippen molar-refractivity contribution in [3.8, 4) is 0 Å². The molecule has 0 radical (unpaired) electrons. The van der Waals surface area contributed by atoms with Crippen molar-refractivity contribution in [3.63, 3.8) is 0 Å². The van der Waals surface area contributed by atoms with Gasteiger partial charge in [0.1, 0.15) is 0 Å². The van der Waals surface area contributed by atoms with Crippen LogP contribution in [0.25, 0.3) is 0 Å². The first-order valence-corrected chi connectivity index (χ1v) is 8.87. The molecule has 2 rings (SSSR count). The Bertz CT molecular complexity index is 707. The van der Waals surface area contributed by atoms with Crippen molar-refractivity contribution < 1.29 is 8.42 Å². The zero-order valence-corrected chi connectivity index (χ0v) is 13.9. The molecular formula is C15H22N4O2S. The molecular weight excluding hydrogens is 300 g/mol. The number of anilines is 1. The molecule has 1 heterocycles. The molecule has 0 amide bonds. The van der Waals surface area contributed by atoms with Crippen LogP contribution in [-0.4, -0.2) is 24.0 Å². The first kappa shape index (κ1) is 16.5. The van der Waals surface area contributed by atoms with Crippen LogP contribution in [0.4, 0.5) is 5.69 Å². The molecule has 120 valence electrons. The van der Waals surface area contributed by atoms with E-state index in [1.165, 1.54) is 0 Å². The van der Waals surface area contributed by atoms with Gasteiger partial charge in [0.15, 0.2) is 0 Å². The van der Waals surface area contributed by atoms with Crippen LogP contribution in [0.5, 0.6) is 0 Å². The lowest BCUT2D eigenvalue weighted by Crippen LogP contribution is -2.20. The molecule has 1 aromatic carbocycles. The van der Waals surface area contributed by atoms with Gasteiger partial charge in [-0.05, 0) is 37.6 Å². The monoisotopic (exact) mass is 322 g/mol. The molecule has 1 atom stereocenters. The molecule has 0 aliphatic carbocycles. The fraction of sp³-hybridized carbons (Fsp3) is 0.400. The quantitative estimate of drug-likeness (QED) is 0.818. The van der Waals surface area contributed by atoms with Gasteiger partial charge in [0.05, 0.1) is 11.4 Å². The van der Waals surface area contributed by atoms with Crippen molar-refractivity contribution in [1.29, 1.82) is 0 Å². The summed E-state index contributed by atoms with van der Waals surface area (Å²) >= 11 is 0. The van der Waals surface area contributed by atoms with Crippen molar-refractivity contribution in [2.24, 2.45) is 7.05 Å². The van der Waals surface area contributed by atoms with Crippen molar-refractivity contribution in [2.45, 2.75) is 26.4 Å².